The first-order valence-corrected chi connectivity index (χ1v) is 7.59. The zero-order valence-electron chi connectivity index (χ0n) is 12.7. The SMILES string of the molecule is CC1(C)CC(NCc2cn[nH]c2-c2ccccc2)CCO1. The number of benzene rings is 1. The Hall–Kier alpha value is -1.65. The van der Waals surface area contributed by atoms with Crippen molar-refractivity contribution in [3.63, 3.8) is 0 Å². The van der Waals surface area contributed by atoms with Crippen LogP contribution in [0, 0.1) is 0 Å². The van der Waals surface area contributed by atoms with Crippen LogP contribution < -0.4 is 5.32 Å². The van der Waals surface area contributed by atoms with Crippen LogP contribution in [0.3, 0.4) is 0 Å². The Bertz CT molecular complexity index is 577. The fraction of sp³-hybridized carbons (Fsp3) is 0.471. The van der Waals surface area contributed by atoms with Gasteiger partial charge in [0.05, 0.1) is 17.5 Å². The lowest BCUT2D eigenvalue weighted by Gasteiger charge is -2.36. The highest BCUT2D eigenvalue weighted by atomic mass is 16.5. The Morgan fingerprint density at radius 1 is 1.33 bits per heavy atom. The molecule has 4 heteroatoms. The highest BCUT2D eigenvalue weighted by Gasteiger charge is 2.28. The van der Waals surface area contributed by atoms with Crippen molar-refractivity contribution in [1.29, 1.82) is 0 Å². The van der Waals surface area contributed by atoms with Gasteiger partial charge in [-0.25, -0.2) is 0 Å². The molecule has 21 heavy (non-hydrogen) atoms. The minimum Gasteiger partial charge on any atom is -0.375 e. The molecule has 1 saturated heterocycles. The summed E-state index contributed by atoms with van der Waals surface area (Å²) < 4.78 is 5.77. The number of ether oxygens (including phenoxy) is 1. The van der Waals surface area contributed by atoms with Gasteiger partial charge in [0.2, 0.25) is 0 Å². The van der Waals surface area contributed by atoms with Crippen LogP contribution in [-0.4, -0.2) is 28.4 Å². The lowest BCUT2D eigenvalue weighted by atomic mass is 9.94. The topological polar surface area (TPSA) is 49.9 Å². The Balaban J connectivity index is 1.65. The molecular formula is C17H23N3O. The lowest BCUT2D eigenvalue weighted by Crippen LogP contribution is -2.43. The molecule has 3 rings (SSSR count). The van der Waals surface area contributed by atoms with Crippen molar-refractivity contribution >= 4 is 0 Å². The summed E-state index contributed by atoms with van der Waals surface area (Å²) in [5, 5.41) is 11.0. The summed E-state index contributed by atoms with van der Waals surface area (Å²) in [5.41, 5.74) is 3.48. The molecule has 2 N–H and O–H groups in total. The molecule has 1 fully saturated rings. The van der Waals surface area contributed by atoms with Gasteiger partial charge in [0.25, 0.3) is 0 Å². The van der Waals surface area contributed by atoms with Crippen molar-refractivity contribution in [2.45, 2.75) is 44.9 Å². The maximum atomic E-state index is 5.77. The van der Waals surface area contributed by atoms with Gasteiger partial charge in [0.15, 0.2) is 0 Å². The van der Waals surface area contributed by atoms with E-state index in [1.165, 1.54) is 11.1 Å². The molecule has 1 aliphatic heterocycles. The third kappa shape index (κ3) is 3.52. The minimum absolute atomic E-state index is 0.0193. The summed E-state index contributed by atoms with van der Waals surface area (Å²) in [6.07, 6.45) is 4.03. The van der Waals surface area contributed by atoms with Gasteiger partial charge < -0.3 is 10.1 Å². The number of nitrogens with one attached hydrogen (secondary N) is 2. The molecule has 1 aromatic heterocycles. The molecule has 0 aliphatic carbocycles. The van der Waals surface area contributed by atoms with E-state index in [1.54, 1.807) is 0 Å². The van der Waals surface area contributed by atoms with E-state index in [2.05, 4.69) is 41.5 Å². The van der Waals surface area contributed by atoms with E-state index in [0.29, 0.717) is 6.04 Å². The van der Waals surface area contributed by atoms with Gasteiger partial charge in [-0.1, -0.05) is 30.3 Å². The molecule has 1 unspecified atom stereocenters. The standard InChI is InChI=1S/C17H23N3O/c1-17(2)10-15(8-9-21-17)18-11-14-12-19-20-16(14)13-6-4-3-5-7-13/h3-7,12,15,18H,8-11H2,1-2H3,(H,19,20). The molecule has 2 aromatic rings. The Morgan fingerprint density at radius 2 is 2.14 bits per heavy atom. The van der Waals surface area contributed by atoms with Gasteiger partial charge >= 0.3 is 0 Å². The van der Waals surface area contributed by atoms with Crippen LogP contribution in [0.4, 0.5) is 0 Å². The van der Waals surface area contributed by atoms with E-state index in [9.17, 15) is 0 Å². The normalized spacial score (nSPS) is 21.3. The maximum Gasteiger partial charge on any atom is 0.0695 e. The summed E-state index contributed by atoms with van der Waals surface area (Å²) in [7, 11) is 0. The van der Waals surface area contributed by atoms with Gasteiger partial charge in [0.1, 0.15) is 0 Å². The van der Waals surface area contributed by atoms with E-state index >= 15 is 0 Å². The van der Waals surface area contributed by atoms with Crippen LogP contribution in [0.1, 0.15) is 32.3 Å². The number of H-pyrrole nitrogens is 1. The van der Waals surface area contributed by atoms with Crippen molar-refractivity contribution < 1.29 is 4.74 Å². The van der Waals surface area contributed by atoms with Crippen molar-refractivity contribution in [1.82, 2.24) is 15.5 Å². The number of nitrogens with zero attached hydrogens (tertiary/aromatic N) is 1. The molecule has 1 aromatic carbocycles. The van der Waals surface area contributed by atoms with Gasteiger partial charge in [-0.05, 0) is 32.3 Å². The molecular weight excluding hydrogens is 262 g/mol. The molecule has 1 aliphatic rings. The van der Waals surface area contributed by atoms with Crippen LogP contribution in [0.25, 0.3) is 11.3 Å². The van der Waals surface area contributed by atoms with Gasteiger partial charge in [-0.15, -0.1) is 0 Å². The van der Waals surface area contributed by atoms with Crippen LogP contribution in [-0.2, 0) is 11.3 Å². The van der Waals surface area contributed by atoms with Crippen molar-refractivity contribution in [3.05, 3.63) is 42.1 Å². The zero-order valence-corrected chi connectivity index (χ0v) is 12.7. The first-order valence-electron chi connectivity index (χ1n) is 7.59. The summed E-state index contributed by atoms with van der Waals surface area (Å²) in [6.45, 7) is 5.99. The minimum atomic E-state index is -0.0193. The Labute approximate surface area is 125 Å². The summed E-state index contributed by atoms with van der Waals surface area (Å²) in [6, 6.07) is 10.8. The van der Waals surface area contributed by atoms with Crippen molar-refractivity contribution in [3.8, 4) is 11.3 Å². The number of aromatic nitrogens is 2. The fourth-order valence-corrected chi connectivity index (χ4v) is 2.96. The molecule has 2 heterocycles. The number of hydrogen-bond acceptors (Lipinski definition) is 3. The van der Waals surface area contributed by atoms with E-state index in [-0.39, 0.29) is 5.60 Å². The Kier molecular flexibility index (Phi) is 4.08. The predicted molar refractivity (Wildman–Crippen MR) is 83.9 cm³/mol. The van der Waals surface area contributed by atoms with E-state index in [4.69, 9.17) is 4.74 Å². The van der Waals surface area contributed by atoms with Crippen LogP contribution in [0.2, 0.25) is 0 Å². The molecule has 4 nitrogen and oxygen atoms in total. The molecule has 0 amide bonds. The third-order valence-electron chi connectivity index (χ3n) is 4.06. The second-order valence-corrected chi connectivity index (χ2v) is 6.32. The summed E-state index contributed by atoms with van der Waals surface area (Å²) in [5.74, 6) is 0. The predicted octanol–water partition coefficient (Wildman–Crippen LogP) is 3.12. The van der Waals surface area contributed by atoms with Crippen LogP contribution in [0.15, 0.2) is 36.5 Å². The third-order valence-corrected chi connectivity index (χ3v) is 4.06. The average molecular weight is 285 g/mol. The van der Waals surface area contributed by atoms with Gasteiger partial charge in [0, 0.05) is 24.8 Å². The van der Waals surface area contributed by atoms with E-state index < -0.39 is 0 Å². The summed E-state index contributed by atoms with van der Waals surface area (Å²) in [4.78, 5) is 0. The monoisotopic (exact) mass is 285 g/mol. The first kappa shape index (κ1) is 14.3. The van der Waals surface area contributed by atoms with Gasteiger partial charge in [-0.2, -0.15) is 5.10 Å². The van der Waals surface area contributed by atoms with Crippen molar-refractivity contribution in [2.24, 2.45) is 0 Å². The second-order valence-electron chi connectivity index (χ2n) is 6.32. The molecule has 0 spiro atoms. The maximum absolute atomic E-state index is 5.77. The molecule has 0 bridgehead atoms. The smallest absolute Gasteiger partial charge is 0.0695 e. The van der Waals surface area contributed by atoms with Crippen LogP contribution in [0.5, 0.6) is 0 Å². The largest absolute Gasteiger partial charge is 0.375 e. The quantitative estimate of drug-likeness (QED) is 0.907. The second kappa shape index (κ2) is 6.00. The Morgan fingerprint density at radius 3 is 2.90 bits per heavy atom. The highest BCUT2D eigenvalue weighted by Crippen LogP contribution is 2.25. The lowest BCUT2D eigenvalue weighted by molar-refractivity contribution is -0.0630. The number of aromatic amines is 1. The molecule has 0 saturated carbocycles. The van der Waals surface area contributed by atoms with Crippen molar-refractivity contribution in [2.75, 3.05) is 6.61 Å². The highest BCUT2D eigenvalue weighted by molar-refractivity contribution is 5.62. The molecule has 112 valence electrons. The molecule has 1 atom stereocenters. The molecule has 0 radical (unpaired) electrons. The van der Waals surface area contributed by atoms with E-state index in [1.807, 2.05) is 24.4 Å². The number of rotatable bonds is 4. The number of hydrogen-bond donors (Lipinski definition) is 2. The average Bonchev–Trinajstić information content (AvgIpc) is 2.93. The van der Waals surface area contributed by atoms with Gasteiger partial charge in [-0.3, -0.25) is 5.10 Å². The fourth-order valence-electron chi connectivity index (χ4n) is 2.96. The zero-order chi connectivity index (χ0) is 14.7. The van der Waals surface area contributed by atoms with E-state index in [0.717, 1.165) is 31.7 Å². The first-order chi connectivity index (χ1) is 10.1. The van der Waals surface area contributed by atoms with Crippen LogP contribution >= 0.6 is 0 Å². The summed E-state index contributed by atoms with van der Waals surface area (Å²) >= 11 is 0.